The van der Waals surface area contributed by atoms with Crippen LogP contribution in [0.15, 0.2) is 29.1 Å². The smallest absolute Gasteiger partial charge is 0.272 e. The van der Waals surface area contributed by atoms with Gasteiger partial charge in [-0.1, -0.05) is 18.2 Å². The number of rotatable bonds is 2. The first-order valence-corrected chi connectivity index (χ1v) is 6.75. The van der Waals surface area contributed by atoms with Crippen molar-refractivity contribution in [2.75, 3.05) is 13.1 Å². The predicted octanol–water partition coefficient (Wildman–Crippen LogP) is 0.405. The van der Waals surface area contributed by atoms with E-state index in [1.54, 1.807) is 24.3 Å². The van der Waals surface area contributed by atoms with Crippen molar-refractivity contribution in [1.82, 2.24) is 20.8 Å². The molecule has 1 saturated heterocycles. The van der Waals surface area contributed by atoms with E-state index in [9.17, 15) is 9.59 Å². The maximum atomic E-state index is 12.3. The molecular weight excluding hydrogens is 256 g/mol. The van der Waals surface area contributed by atoms with Crippen molar-refractivity contribution in [3.8, 4) is 0 Å². The first kappa shape index (κ1) is 12.8. The Kier molecular flexibility index (Phi) is 3.47. The molecule has 0 atom stereocenters. The molecule has 1 aliphatic heterocycles. The first-order valence-electron chi connectivity index (χ1n) is 6.75. The third-order valence-corrected chi connectivity index (χ3v) is 3.59. The molecule has 0 spiro atoms. The maximum absolute atomic E-state index is 12.3. The largest absolute Gasteiger partial charge is 0.348 e. The fourth-order valence-corrected chi connectivity index (χ4v) is 2.51. The Hall–Kier alpha value is -2.21. The third-order valence-electron chi connectivity index (χ3n) is 3.59. The Morgan fingerprint density at radius 3 is 2.65 bits per heavy atom. The lowest BCUT2D eigenvalue weighted by Crippen LogP contribution is -2.43. The molecule has 104 valence electrons. The van der Waals surface area contributed by atoms with Gasteiger partial charge in [-0.3, -0.25) is 9.59 Å². The summed E-state index contributed by atoms with van der Waals surface area (Å²) in [7, 11) is 0. The van der Waals surface area contributed by atoms with E-state index in [1.165, 1.54) is 0 Å². The van der Waals surface area contributed by atoms with Gasteiger partial charge in [-0.2, -0.15) is 5.10 Å². The van der Waals surface area contributed by atoms with E-state index in [0.29, 0.717) is 10.8 Å². The van der Waals surface area contributed by atoms with Crippen LogP contribution in [0.25, 0.3) is 10.8 Å². The number of hydrogen-bond donors (Lipinski definition) is 3. The number of carbonyl (C=O) groups excluding carboxylic acids is 1. The van der Waals surface area contributed by atoms with Crippen molar-refractivity contribution in [2.24, 2.45) is 0 Å². The molecule has 0 aliphatic carbocycles. The maximum Gasteiger partial charge on any atom is 0.272 e. The van der Waals surface area contributed by atoms with Gasteiger partial charge in [-0.05, 0) is 32.0 Å². The normalized spacial score (nSPS) is 16.2. The van der Waals surface area contributed by atoms with Gasteiger partial charge in [0.15, 0.2) is 5.69 Å². The summed E-state index contributed by atoms with van der Waals surface area (Å²) in [5, 5.41) is 13.6. The van der Waals surface area contributed by atoms with Gasteiger partial charge >= 0.3 is 0 Å². The second-order valence-electron chi connectivity index (χ2n) is 4.94. The summed E-state index contributed by atoms with van der Waals surface area (Å²) in [6.45, 7) is 1.81. The quantitative estimate of drug-likeness (QED) is 0.739. The van der Waals surface area contributed by atoms with E-state index in [-0.39, 0.29) is 23.2 Å². The van der Waals surface area contributed by atoms with Gasteiger partial charge in [0, 0.05) is 11.4 Å². The Balaban J connectivity index is 1.91. The van der Waals surface area contributed by atoms with Crippen LogP contribution in [-0.4, -0.2) is 35.2 Å². The lowest BCUT2D eigenvalue weighted by atomic mass is 10.1. The summed E-state index contributed by atoms with van der Waals surface area (Å²) in [4.78, 5) is 24.0. The zero-order valence-electron chi connectivity index (χ0n) is 11.0. The van der Waals surface area contributed by atoms with Gasteiger partial charge in [-0.25, -0.2) is 5.10 Å². The van der Waals surface area contributed by atoms with Crippen LogP contribution in [0, 0.1) is 0 Å². The zero-order valence-corrected chi connectivity index (χ0v) is 11.0. The van der Waals surface area contributed by atoms with Crippen molar-refractivity contribution in [2.45, 2.75) is 18.9 Å². The minimum Gasteiger partial charge on any atom is -0.348 e. The van der Waals surface area contributed by atoms with Crippen LogP contribution in [0.5, 0.6) is 0 Å². The third kappa shape index (κ3) is 2.42. The van der Waals surface area contributed by atoms with Crippen LogP contribution >= 0.6 is 0 Å². The molecule has 3 rings (SSSR count). The standard InChI is InChI=1S/C14H16N4O2/c19-13-11-4-2-1-3-10(11)12(17-18-13)14(20)16-9-5-7-15-8-6-9/h1-4,9,15H,5-8H2,(H,16,20)(H,18,19). The minimum atomic E-state index is -0.279. The average molecular weight is 272 g/mol. The average Bonchev–Trinajstić information content (AvgIpc) is 2.49. The molecule has 0 radical (unpaired) electrons. The molecule has 0 unspecified atom stereocenters. The summed E-state index contributed by atoms with van der Waals surface area (Å²) < 4.78 is 0. The number of H-pyrrole nitrogens is 1. The van der Waals surface area contributed by atoms with Crippen molar-refractivity contribution < 1.29 is 4.79 Å². The van der Waals surface area contributed by atoms with Crippen LogP contribution in [0.2, 0.25) is 0 Å². The van der Waals surface area contributed by atoms with Gasteiger partial charge in [-0.15, -0.1) is 0 Å². The van der Waals surface area contributed by atoms with Crippen LogP contribution in [0.4, 0.5) is 0 Å². The number of aromatic nitrogens is 2. The van der Waals surface area contributed by atoms with Crippen LogP contribution < -0.4 is 16.2 Å². The fraction of sp³-hybridized carbons (Fsp3) is 0.357. The number of benzene rings is 1. The van der Waals surface area contributed by atoms with E-state index in [0.717, 1.165) is 25.9 Å². The summed E-state index contributed by atoms with van der Waals surface area (Å²) >= 11 is 0. The monoisotopic (exact) mass is 272 g/mol. The summed E-state index contributed by atoms with van der Waals surface area (Å²) in [6, 6.07) is 7.17. The van der Waals surface area contributed by atoms with Crippen LogP contribution in [-0.2, 0) is 0 Å². The Bertz CT molecular complexity index is 689. The molecule has 3 N–H and O–H groups in total. The molecule has 1 amide bonds. The lowest BCUT2D eigenvalue weighted by Gasteiger charge is -2.23. The second-order valence-corrected chi connectivity index (χ2v) is 4.94. The molecule has 1 aromatic carbocycles. The SMILES string of the molecule is O=C(NC1CCNCC1)c1n[nH]c(=O)c2ccccc12. The first-order chi connectivity index (χ1) is 9.75. The number of piperidine rings is 1. The van der Waals surface area contributed by atoms with Crippen molar-refractivity contribution in [1.29, 1.82) is 0 Å². The highest BCUT2D eigenvalue weighted by Gasteiger charge is 2.19. The van der Waals surface area contributed by atoms with Crippen molar-refractivity contribution >= 4 is 16.7 Å². The van der Waals surface area contributed by atoms with Gasteiger partial charge in [0.1, 0.15) is 0 Å². The highest BCUT2D eigenvalue weighted by Crippen LogP contribution is 2.13. The van der Waals surface area contributed by atoms with E-state index in [4.69, 9.17) is 0 Å². The molecule has 0 saturated carbocycles. The zero-order chi connectivity index (χ0) is 13.9. The summed E-state index contributed by atoms with van der Waals surface area (Å²) in [5.41, 5.74) is -0.00208. The molecule has 0 bridgehead atoms. The van der Waals surface area contributed by atoms with E-state index >= 15 is 0 Å². The number of carbonyl (C=O) groups is 1. The number of nitrogens with zero attached hydrogens (tertiary/aromatic N) is 1. The van der Waals surface area contributed by atoms with Gasteiger partial charge in [0.2, 0.25) is 0 Å². The number of amides is 1. The number of hydrogen-bond acceptors (Lipinski definition) is 4. The number of aromatic amines is 1. The number of nitrogens with one attached hydrogen (secondary N) is 3. The molecule has 1 fully saturated rings. The molecule has 20 heavy (non-hydrogen) atoms. The topological polar surface area (TPSA) is 86.9 Å². The molecular formula is C14H16N4O2. The Morgan fingerprint density at radius 1 is 1.20 bits per heavy atom. The minimum absolute atomic E-state index is 0.163. The molecule has 1 aromatic heterocycles. The molecule has 2 heterocycles. The molecule has 1 aliphatic rings. The van der Waals surface area contributed by atoms with E-state index in [1.807, 2.05) is 0 Å². The molecule has 6 heteroatoms. The van der Waals surface area contributed by atoms with Crippen LogP contribution in [0.3, 0.4) is 0 Å². The van der Waals surface area contributed by atoms with Gasteiger partial charge in [0.05, 0.1) is 5.39 Å². The predicted molar refractivity (Wildman–Crippen MR) is 75.7 cm³/mol. The molecule has 6 nitrogen and oxygen atoms in total. The Labute approximate surface area is 115 Å². The van der Waals surface area contributed by atoms with E-state index < -0.39 is 0 Å². The lowest BCUT2D eigenvalue weighted by molar-refractivity contribution is 0.0925. The second kappa shape index (κ2) is 5.42. The molecule has 2 aromatic rings. The van der Waals surface area contributed by atoms with Gasteiger partial charge in [0.25, 0.3) is 11.5 Å². The summed E-state index contributed by atoms with van der Waals surface area (Å²) in [6.07, 6.45) is 1.82. The number of fused-ring (bicyclic) bond motifs is 1. The van der Waals surface area contributed by atoms with Crippen molar-refractivity contribution in [3.63, 3.8) is 0 Å². The summed E-state index contributed by atoms with van der Waals surface area (Å²) in [5.74, 6) is -0.232. The van der Waals surface area contributed by atoms with Crippen LogP contribution in [0.1, 0.15) is 23.3 Å². The van der Waals surface area contributed by atoms with Gasteiger partial charge < -0.3 is 10.6 Å². The Morgan fingerprint density at radius 2 is 1.90 bits per heavy atom. The fourth-order valence-electron chi connectivity index (χ4n) is 2.51. The van der Waals surface area contributed by atoms with E-state index in [2.05, 4.69) is 20.8 Å². The highest BCUT2D eigenvalue weighted by molar-refractivity contribution is 6.04. The van der Waals surface area contributed by atoms with Crippen molar-refractivity contribution in [3.05, 3.63) is 40.3 Å². The highest BCUT2D eigenvalue weighted by atomic mass is 16.2.